The Balaban J connectivity index is 1.61. The Morgan fingerprint density at radius 2 is 2.14 bits per heavy atom. The maximum Gasteiger partial charge on any atom is 0.226 e. The molecule has 0 aliphatic heterocycles. The summed E-state index contributed by atoms with van der Waals surface area (Å²) >= 11 is 3.22. The number of carbonyl (C=O) groups is 1. The van der Waals surface area contributed by atoms with Crippen molar-refractivity contribution in [3.63, 3.8) is 0 Å². The maximum absolute atomic E-state index is 12.5. The van der Waals surface area contributed by atoms with Crippen LogP contribution in [0.4, 0.5) is 5.00 Å². The van der Waals surface area contributed by atoms with Crippen LogP contribution < -0.4 is 10.6 Å². The molecule has 0 spiro atoms. The lowest BCUT2D eigenvalue weighted by Gasteiger charge is -2.33. The molecule has 0 unspecified atom stereocenters. The van der Waals surface area contributed by atoms with Crippen molar-refractivity contribution < 1.29 is 9.90 Å². The number of hydrogen-bond acceptors (Lipinski definition) is 6. The zero-order valence-corrected chi connectivity index (χ0v) is 18.7. The predicted octanol–water partition coefficient (Wildman–Crippen LogP) is 4.63. The van der Waals surface area contributed by atoms with Gasteiger partial charge in [-0.3, -0.25) is 4.79 Å². The number of amides is 1. The van der Waals surface area contributed by atoms with Gasteiger partial charge < -0.3 is 15.7 Å². The van der Waals surface area contributed by atoms with Crippen molar-refractivity contribution in [3.05, 3.63) is 38.4 Å². The second-order valence-electron chi connectivity index (χ2n) is 8.23. The largest absolute Gasteiger partial charge is 0.396 e. The van der Waals surface area contributed by atoms with E-state index < -0.39 is 0 Å². The Bertz CT molecular complexity index is 865. The fourth-order valence-electron chi connectivity index (χ4n) is 3.78. The third kappa shape index (κ3) is 5.26. The minimum atomic E-state index is -0.333. The molecule has 5 nitrogen and oxygen atoms in total. The topological polar surface area (TPSA) is 85.2 Å². The third-order valence-corrected chi connectivity index (χ3v) is 7.65. The lowest BCUT2D eigenvalue weighted by atomic mass is 9.84. The fourth-order valence-corrected chi connectivity index (χ4v) is 6.04. The lowest BCUT2D eigenvalue weighted by Crippen LogP contribution is -2.37. The van der Waals surface area contributed by atoms with Gasteiger partial charge in [-0.15, -0.1) is 22.7 Å². The normalized spacial score (nSPS) is 15.2. The van der Waals surface area contributed by atoms with Crippen LogP contribution in [-0.4, -0.2) is 24.2 Å². The smallest absolute Gasteiger partial charge is 0.226 e. The molecular formula is C22H29N3O2S2. The van der Waals surface area contributed by atoms with Crippen molar-refractivity contribution in [1.82, 2.24) is 5.32 Å². The summed E-state index contributed by atoms with van der Waals surface area (Å²) < 4.78 is 0. The van der Waals surface area contributed by atoms with Gasteiger partial charge in [0.25, 0.3) is 0 Å². The Morgan fingerprint density at radius 3 is 2.83 bits per heavy atom. The number of anilines is 1. The number of aliphatic hydroxyl groups is 1. The maximum atomic E-state index is 12.5. The molecule has 0 bridgehead atoms. The van der Waals surface area contributed by atoms with Crippen LogP contribution >= 0.6 is 22.7 Å². The molecule has 29 heavy (non-hydrogen) atoms. The van der Waals surface area contributed by atoms with Crippen LogP contribution in [0.3, 0.4) is 0 Å². The van der Waals surface area contributed by atoms with E-state index in [1.54, 1.807) is 22.7 Å². The molecule has 1 aliphatic carbocycles. The first-order valence-electron chi connectivity index (χ1n) is 10.2. The lowest BCUT2D eigenvalue weighted by molar-refractivity contribution is -0.116. The molecule has 3 rings (SSSR count). The molecular weight excluding hydrogens is 402 g/mol. The molecule has 1 atom stereocenters. The third-order valence-electron chi connectivity index (χ3n) is 5.50. The van der Waals surface area contributed by atoms with Crippen LogP contribution in [0.1, 0.15) is 66.5 Å². The Kier molecular flexibility index (Phi) is 7.47. The minimum Gasteiger partial charge on any atom is -0.396 e. The quantitative estimate of drug-likeness (QED) is 0.532. The fraction of sp³-hybridized carbons (Fsp3) is 0.545. The number of nitrogens with one attached hydrogen (secondary N) is 2. The zero-order chi connectivity index (χ0) is 20.9. The highest BCUT2D eigenvalue weighted by Gasteiger charge is 2.30. The zero-order valence-electron chi connectivity index (χ0n) is 17.1. The first kappa shape index (κ1) is 22.0. The van der Waals surface area contributed by atoms with Crippen LogP contribution in [0.25, 0.3) is 0 Å². The SMILES string of the molecule is CC(C)(CO)[C@@H](NCCC(=O)Nc1sc2c(c1C#N)CCCCC2)c1cccs1. The van der Waals surface area contributed by atoms with E-state index in [0.717, 1.165) is 36.1 Å². The van der Waals surface area contributed by atoms with Gasteiger partial charge in [-0.1, -0.05) is 26.3 Å². The first-order valence-corrected chi connectivity index (χ1v) is 11.9. The number of aryl methyl sites for hydroxylation is 1. The van der Waals surface area contributed by atoms with Crippen LogP contribution in [0.5, 0.6) is 0 Å². The van der Waals surface area contributed by atoms with Crippen molar-refractivity contribution >= 4 is 33.6 Å². The molecule has 0 saturated carbocycles. The molecule has 156 valence electrons. The summed E-state index contributed by atoms with van der Waals surface area (Å²) in [5.41, 5.74) is 1.47. The van der Waals surface area contributed by atoms with Gasteiger partial charge >= 0.3 is 0 Å². The predicted molar refractivity (Wildman–Crippen MR) is 119 cm³/mol. The van der Waals surface area contributed by atoms with E-state index >= 15 is 0 Å². The summed E-state index contributed by atoms with van der Waals surface area (Å²) in [5, 5.41) is 28.5. The van der Waals surface area contributed by atoms with Crippen LogP contribution in [0.15, 0.2) is 17.5 Å². The van der Waals surface area contributed by atoms with Gasteiger partial charge in [0.15, 0.2) is 0 Å². The summed E-state index contributed by atoms with van der Waals surface area (Å²) in [6.45, 7) is 4.59. The number of fused-ring (bicyclic) bond motifs is 1. The van der Waals surface area contributed by atoms with Crippen molar-refractivity contribution in [2.75, 3.05) is 18.5 Å². The number of rotatable bonds is 8. The van der Waals surface area contributed by atoms with Gasteiger partial charge in [-0.2, -0.15) is 5.26 Å². The van der Waals surface area contributed by atoms with Gasteiger partial charge in [-0.25, -0.2) is 0 Å². The molecule has 2 aromatic rings. The molecule has 7 heteroatoms. The first-order chi connectivity index (χ1) is 14.0. The van der Waals surface area contributed by atoms with E-state index in [1.807, 2.05) is 25.3 Å². The van der Waals surface area contributed by atoms with E-state index in [4.69, 9.17) is 0 Å². The van der Waals surface area contributed by atoms with Crippen molar-refractivity contribution in [2.24, 2.45) is 5.41 Å². The highest BCUT2D eigenvalue weighted by molar-refractivity contribution is 7.16. The summed E-state index contributed by atoms with van der Waals surface area (Å²) in [4.78, 5) is 15.0. The number of nitrogens with zero attached hydrogens (tertiary/aromatic N) is 1. The molecule has 1 amide bonds. The van der Waals surface area contributed by atoms with Gasteiger partial charge in [-0.05, 0) is 42.7 Å². The van der Waals surface area contributed by atoms with E-state index in [9.17, 15) is 15.2 Å². The Morgan fingerprint density at radius 1 is 1.34 bits per heavy atom. The number of carbonyl (C=O) groups excluding carboxylic acids is 1. The molecule has 3 N–H and O–H groups in total. The van der Waals surface area contributed by atoms with Crippen LogP contribution in [0, 0.1) is 16.7 Å². The summed E-state index contributed by atoms with van der Waals surface area (Å²) in [5.74, 6) is -0.0860. The van der Waals surface area contributed by atoms with E-state index in [-0.39, 0.29) is 24.0 Å². The second kappa shape index (κ2) is 9.86. The molecule has 0 fully saturated rings. The molecule has 1 aliphatic rings. The molecule has 2 aromatic heterocycles. The van der Waals surface area contributed by atoms with Crippen molar-refractivity contribution in [1.29, 1.82) is 5.26 Å². The minimum absolute atomic E-state index is 0.0206. The number of hydrogen-bond donors (Lipinski definition) is 3. The molecule has 2 heterocycles. The van der Waals surface area contributed by atoms with Crippen molar-refractivity contribution in [3.8, 4) is 6.07 Å². The van der Waals surface area contributed by atoms with E-state index in [0.29, 0.717) is 23.5 Å². The number of nitriles is 1. The monoisotopic (exact) mass is 431 g/mol. The average molecular weight is 432 g/mol. The van der Waals surface area contributed by atoms with Gasteiger partial charge in [0, 0.05) is 34.2 Å². The summed E-state index contributed by atoms with van der Waals surface area (Å²) in [6.07, 6.45) is 5.72. The van der Waals surface area contributed by atoms with E-state index in [1.165, 1.54) is 11.3 Å². The van der Waals surface area contributed by atoms with Gasteiger partial charge in [0.05, 0.1) is 12.2 Å². The second-order valence-corrected chi connectivity index (χ2v) is 10.3. The highest BCUT2D eigenvalue weighted by Crippen LogP contribution is 2.37. The summed E-state index contributed by atoms with van der Waals surface area (Å²) in [6, 6.07) is 6.34. The molecule has 0 radical (unpaired) electrons. The number of thiophene rings is 2. The Labute approximate surface area is 180 Å². The summed E-state index contributed by atoms with van der Waals surface area (Å²) in [7, 11) is 0. The average Bonchev–Trinajstić information content (AvgIpc) is 3.27. The van der Waals surface area contributed by atoms with Crippen LogP contribution in [-0.2, 0) is 17.6 Å². The molecule has 0 saturated heterocycles. The van der Waals surface area contributed by atoms with Gasteiger partial charge in [0.2, 0.25) is 5.91 Å². The van der Waals surface area contributed by atoms with Gasteiger partial charge in [0.1, 0.15) is 11.1 Å². The Hall–Kier alpha value is -1.72. The molecule has 0 aromatic carbocycles. The standard InChI is InChI=1S/C22H29N3O2S2/c1-22(2,14-26)20(18-9-6-12-28-18)24-11-10-19(27)25-21-16(13-23)15-7-4-3-5-8-17(15)29-21/h6,9,12,20,24,26H,3-5,7-8,10-11,14H2,1-2H3,(H,25,27)/t20-/m0/s1. The van der Waals surface area contributed by atoms with Crippen molar-refractivity contribution in [2.45, 2.75) is 58.4 Å². The van der Waals surface area contributed by atoms with E-state index in [2.05, 4.69) is 22.8 Å². The number of aliphatic hydroxyl groups excluding tert-OH is 1. The highest BCUT2D eigenvalue weighted by atomic mass is 32.1. The van der Waals surface area contributed by atoms with Crippen LogP contribution in [0.2, 0.25) is 0 Å².